The molecule has 1 N–H and O–H groups in total. The average molecular weight is 322 g/mol. The summed E-state index contributed by atoms with van der Waals surface area (Å²) in [6.45, 7) is 7.83. The third-order valence-electron chi connectivity index (χ3n) is 3.54. The minimum absolute atomic E-state index is 0.385. The van der Waals surface area contributed by atoms with E-state index in [1.165, 1.54) is 0 Å². The second-order valence-corrected chi connectivity index (χ2v) is 6.61. The highest BCUT2D eigenvalue weighted by molar-refractivity contribution is 7.09. The van der Waals surface area contributed by atoms with Crippen molar-refractivity contribution >= 4 is 16.7 Å². The van der Waals surface area contributed by atoms with Gasteiger partial charge < -0.3 is 10.2 Å². The molecule has 120 valence electrons. The van der Waals surface area contributed by atoms with E-state index in [-0.39, 0.29) is 0 Å². The molecule has 0 spiro atoms. The number of anilines is 1. The van der Waals surface area contributed by atoms with Crippen LogP contribution in [0.2, 0.25) is 0 Å². The van der Waals surface area contributed by atoms with Crippen LogP contribution in [0.4, 0.5) is 18.3 Å². The first-order valence-corrected chi connectivity index (χ1v) is 8.00. The smallest absolute Gasteiger partial charge is 0.347 e. The molecule has 1 aliphatic heterocycles. The van der Waals surface area contributed by atoms with Gasteiger partial charge in [-0.2, -0.15) is 22.5 Å². The lowest BCUT2D eigenvalue weighted by atomic mass is 9.97. The summed E-state index contributed by atoms with van der Waals surface area (Å²) in [7, 11) is 0. The Kier molecular flexibility index (Phi) is 5.43. The molecular formula is C13H21F3N4S. The summed E-state index contributed by atoms with van der Waals surface area (Å²) in [4.78, 5) is 5.52. The van der Waals surface area contributed by atoms with Gasteiger partial charge in [-0.05, 0) is 37.8 Å². The van der Waals surface area contributed by atoms with Gasteiger partial charge in [0.2, 0.25) is 11.0 Å². The number of nitrogens with one attached hydrogen (secondary N) is 1. The molecule has 0 radical (unpaired) electrons. The molecule has 1 aromatic rings. The van der Waals surface area contributed by atoms with E-state index >= 15 is 0 Å². The lowest BCUT2D eigenvalue weighted by Gasteiger charge is -2.31. The third-order valence-corrected chi connectivity index (χ3v) is 4.32. The zero-order valence-electron chi connectivity index (χ0n) is 12.3. The molecule has 0 unspecified atom stereocenters. The van der Waals surface area contributed by atoms with E-state index in [0.29, 0.717) is 17.0 Å². The van der Waals surface area contributed by atoms with Gasteiger partial charge in [-0.3, -0.25) is 0 Å². The Morgan fingerprint density at radius 1 is 1.33 bits per heavy atom. The third kappa shape index (κ3) is 4.81. The van der Waals surface area contributed by atoms with Gasteiger partial charge >= 0.3 is 6.18 Å². The molecular weight excluding hydrogens is 301 g/mol. The predicted octanol–water partition coefficient (Wildman–Crippen LogP) is 3.02. The highest BCUT2D eigenvalue weighted by Gasteiger charge is 2.36. The number of halogens is 3. The molecule has 2 rings (SSSR count). The second-order valence-electron chi connectivity index (χ2n) is 5.88. The lowest BCUT2D eigenvalue weighted by molar-refractivity contribution is -0.144. The van der Waals surface area contributed by atoms with Gasteiger partial charge in [-0.1, -0.05) is 13.8 Å². The van der Waals surface area contributed by atoms with Gasteiger partial charge in [0.25, 0.3) is 0 Å². The van der Waals surface area contributed by atoms with Crippen molar-refractivity contribution in [3.8, 4) is 0 Å². The molecule has 2 heterocycles. The molecule has 0 atom stereocenters. The quantitative estimate of drug-likeness (QED) is 0.905. The highest BCUT2D eigenvalue weighted by atomic mass is 32.1. The molecule has 0 amide bonds. The zero-order valence-corrected chi connectivity index (χ0v) is 13.1. The van der Waals surface area contributed by atoms with Crippen LogP contribution in [-0.4, -0.2) is 35.5 Å². The number of piperidine rings is 1. The standard InChI is InChI=1S/C13H21F3N4S/c1-9(2)7-17-8-10-3-5-20(6-4-10)12-18-11(19-21-12)13(14,15)16/h9-10,17H,3-8H2,1-2H3. The summed E-state index contributed by atoms with van der Waals surface area (Å²) in [6, 6.07) is 0. The fourth-order valence-electron chi connectivity index (χ4n) is 2.36. The van der Waals surface area contributed by atoms with Crippen molar-refractivity contribution in [2.45, 2.75) is 32.9 Å². The first-order chi connectivity index (χ1) is 9.86. The van der Waals surface area contributed by atoms with E-state index in [1.807, 2.05) is 4.90 Å². The maximum atomic E-state index is 12.5. The summed E-state index contributed by atoms with van der Waals surface area (Å²) >= 11 is 0.835. The second kappa shape index (κ2) is 6.91. The summed E-state index contributed by atoms with van der Waals surface area (Å²) in [6.07, 6.45) is -2.49. The Morgan fingerprint density at radius 2 is 2.00 bits per heavy atom. The van der Waals surface area contributed by atoms with Crippen LogP contribution in [0.15, 0.2) is 0 Å². The molecule has 0 bridgehead atoms. The lowest BCUT2D eigenvalue weighted by Crippen LogP contribution is -2.38. The van der Waals surface area contributed by atoms with Gasteiger partial charge in [-0.15, -0.1) is 0 Å². The normalized spacial score (nSPS) is 17.7. The molecule has 0 aliphatic carbocycles. The van der Waals surface area contributed by atoms with Crippen LogP contribution in [0.3, 0.4) is 0 Å². The number of alkyl halides is 3. The Balaban J connectivity index is 1.80. The molecule has 0 saturated carbocycles. The Labute approximate surface area is 126 Å². The van der Waals surface area contributed by atoms with Crippen molar-refractivity contribution in [2.24, 2.45) is 11.8 Å². The van der Waals surface area contributed by atoms with E-state index in [1.54, 1.807) is 0 Å². The first-order valence-electron chi connectivity index (χ1n) is 7.23. The molecule has 21 heavy (non-hydrogen) atoms. The average Bonchev–Trinajstić information content (AvgIpc) is 2.88. The van der Waals surface area contributed by atoms with E-state index in [9.17, 15) is 13.2 Å². The van der Waals surface area contributed by atoms with E-state index in [4.69, 9.17) is 0 Å². The van der Waals surface area contributed by atoms with Crippen molar-refractivity contribution in [1.82, 2.24) is 14.7 Å². The van der Waals surface area contributed by atoms with Gasteiger partial charge in [0.1, 0.15) is 0 Å². The molecule has 8 heteroatoms. The predicted molar refractivity (Wildman–Crippen MR) is 77.6 cm³/mol. The van der Waals surface area contributed by atoms with E-state index < -0.39 is 12.0 Å². The van der Waals surface area contributed by atoms with Crippen molar-refractivity contribution in [3.05, 3.63) is 5.82 Å². The molecule has 1 saturated heterocycles. The highest BCUT2D eigenvalue weighted by Crippen LogP contribution is 2.31. The fourth-order valence-corrected chi connectivity index (χ4v) is 3.10. The molecule has 1 aromatic heterocycles. The first kappa shape index (κ1) is 16.5. The van der Waals surface area contributed by atoms with Crippen LogP contribution in [0, 0.1) is 11.8 Å². The Hall–Kier alpha value is -0.890. The van der Waals surface area contributed by atoms with Crippen molar-refractivity contribution in [1.29, 1.82) is 0 Å². The van der Waals surface area contributed by atoms with Crippen molar-refractivity contribution in [3.63, 3.8) is 0 Å². The Bertz CT molecular complexity index is 439. The van der Waals surface area contributed by atoms with Crippen LogP contribution < -0.4 is 10.2 Å². The van der Waals surface area contributed by atoms with Crippen LogP contribution in [0.1, 0.15) is 32.5 Å². The topological polar surface area (TPSA) is 41.0 Å². The maximum Gasteiger partial charge on any atom is 0.452 e. The summed E-state index contributed by atoms with van der Waals surface area (Å²) < 4.78 is 40.9. The summed E-state index contributed by atoms with van der Waals surface area (Å²) in [5.74, 6) is 0.200. The fraction of sp³-hybridized carbons (Fsp3) is 0.846. The van der Waals surface area contributed by atoms with E-state index in [0.717, 1.165) is 50.6 Å². The molecule has 1 fully saturated rings. The molecule has 0 aromatic carbocycles. The molecule has 4 nitrogen and oxygen atoms in total. The number of hydrogen-bond acceptors (Lipinski definition) is 5. The number of aromatic nitrogens is 2. The van der Waals surface area contributed by atoms with E-state index in [2.05, 4.69) is 28.5 Å². The van der Waals surface area contributed by atoms with Gasteiger partial charge in [0, 0.05) is 24.6 Å². The number of hydrogen-bond donors (Lipinski definition) is 1. The Morgan fingerprint density at radius 3 is 2.52 bits per heavy atom. The summed E-state index contributed by atoms with van der Waals surface area (Å²) in [5.41, 5.74) is 0. The number of nitrogens with zero attached hydrogens (tertiary/aromatic N) is 3. The van der Waals surface area contributed by atoms with Crippen LogP contribution >= 0.6 is 11.5 Å². The minimum atomic E-state index is -4.45. The zero-order chi connectivity index (χ0) is 15.5. The maximum absolute atomic E-state index is 12.5. The largest absolute Gasteiger partial charge is 0.452 e. The van der Waals surface area contributed by atoms with Gasteiger partial charge in [0.05, 0.1) is 0 Å². The van der Waals surface area contributed by atoms with Gasteiger partial charge in [-0.25, -0.2) is 0 Å². The molecule has 1 aliphatic rings. The van der Waals surface area contributed by atoms with Crippen LogP contribution in [0.5, 0.6) is 0 Å². The monoisotopic (exact) mass is 322 g/mol. The van der Waals surface area contributed by atoms with Crippen molar-refractivity contribution < 1.29 is 13.2 Å². The minimum Gasteiger partial charge on any atom is -0.347 e. The van der Waals surface area contributed by atoms with Crippen LogP contribution in [-0.2, 0) is 6.18 Å². The SMILES string of the molecule is CC(C)CNCC1CCN(c2nc(C(F)(F)F)ns2)CC1. The van der Waals surface area contributed by atoms with Gasteiger partial charge in [0.15, 0.2) is 0 Å². The van der Waals surface area contributed by atoms with Crippen molar-refractivity contribution in [2.75, 3.05) is 31.1 Å². The number of rotatable bonds is 5. The summed E-state index contributed by atoms with van der Waals surface area (Å²) in [5, 5.41) is 3.83. The van der Waals surface area contributed by atoms with Crippen LogP contribution in [0.25, 0.3) is 0 Å².